The average Bonchev–Trinajstić information content (AvgIpc) is 2.28. The Morgan fingerprint density at radius 1 is 1.53 bits per heavy atom. The number of carbonyl (C=O) groups is 1. The molecule has 4 nitrogen and oxygen atoms in total. The minimum atomic E-state index is -1.08. The number of benzene rings is 1. The molecule has 0 atom stereocenters. The average molecular weight is 233 g/mol. The van der Waals surface area contributed by atoms with Gasteiger partial charge in [-0.25, -0.2) is 4.79 Å². The summed E-state index contributed by atoms with van der Waals surface area (Å²) in [5.41, 5.74) is 1.23. The molecule has 1 aromatic carbocycles. The van der Waals surface area contributed by atoms with E-state index in [1.807, 2.05) is 19.9 Å². The first-order chi connectivity index (χ1) is 8.01. The molecule has 17 heavy (non-hydrogen) atoms. The zero-order chi connectivity index (χ0) is 13.0. The van der Waals surface area contributed by atoms with Gasteiger partial charge < -0.3 is 9.84 Å². The van der Waals surface area contributed by atoms with Gasteiger partial charge in [0.15, 0.2) is 0 Å². The number of nitriles is 1. The Labute approximate surface area is 100 Å². The van der Waals surface area contributed by atoms with E-state index >= 15 is 0 Å². The van der Waals surface area contributed by atoms with Crippen LogP contribution in [-0.2, 0) is 0 Å². The Balaban J connectivity index is 3.43. The summed E-state index contributed by atoms with van der Waals surface area (Å²) in [7, 11) is 0. The van der Waals surface area contributed by atoms with Gasteiger partial charge in [0.2, 0.25) is 0 Å². The summed E-state index contributed by atoms with van der Waals surface area (Å²) in [5.74, 6) is -0.616. The van der Waals surface area contributed by atoms with Crippen molar-refractivity contribution in [2.24, 2.45) is 0 Å². The summed E-state index contributed by atoms with van der Waals surface area (Å²) in [6.45, 7) is 6.08. The van der Waals surface area contributed by atoms with E-state index in [1.165, 1.54) is 6.07 Å². The highest BCUT2D eigenvalue weighted by molar-refractivity contribution is 5.91. The van der Waals surface area contributed by atoms with E-state index in [2.05, 4.69) is 0 Å². The summed E-state index contributed by atoms with van der Waals surface area (Å²) in [5, 5.41) is 18.1. The first kappa shape index (κ1) is 13.0. The van der Waals surface area contributed by atoms with Crippen molar-refractivity contribution in [3.8, 4) is 11.8 Å². The summed E-state index contributed by atoms with van der Waals surface area (Å²) in [4.78, 5) is 11.1. The second-order valence-electron chi connectivity index (χ2n) is 3.94. The lowest BCUT2D eigenvalue weighted by molar-refractivity contribution is 0.0692. The molecule has 0 aliphatic rings. The van der Waals surface area contributed by atoms with E-state index in [9.17, 15) is 4.79 Å². The molecule has 0 aromatic heterocycles. The first-order valence-corrected chi connectivity index (χ1v) is 5.45. The largest absolute Gasteiger partial charge is 0.493 e. The minimum absolute atomic E-state index is 0.0350. The molecule has 4 heteroatoms. The summed E-state index contributed by atoms with van der Waals surface area (Å²) >= 11 is 0. The number of rotatable bonds is 4. The van der Waals surface area contributed by atoms with Gasteiger partial charge in [0.1, 0.15) is 11.3 Å². The van der Waals surface area contributed by atoms with Crippen LogP contribution in [0.1, 0.15) is 48.2 Å². The first-order valence-electron chi connectivity index (χ1n) is 5.45. The van der Waals surface area contributed by atoms with E-state index in [4.69, 9.17) is 15.1 Å². The van der Waals surface area contributed by atoms with E-state index in [0.29, 0.717) is 17.9 Å². The normalized spacial score (nSPS) is 10.1. The van der Waals surface area contributed by atoms with Crippen LogP contribution in [0.15, 0.2) is 12.1 Å². The number of carboxylic acids is 1. The highest BCUT2D eigenvalue weighted by Crippen LogP contribution is 2.28. The van der Waals surface area contributed by atoms with Crippen LogP contribution in [0.25, 0.3) is 0 Å². The maximum Gasteiger partial charge on any atom is 0.339 e. The number of ether oxygens (including phenoxy) is 1. The van der Waals surface area contributed by atoms with Crippen molar-refractivity contribution < 1.29 is 14.6 Å². The van der Waals surface area contributed by atoms with E-state index < -0.39 is 5.97 Å². The van der Waals surface area contributed by atoms with Crippen molar-refractivity contribution in [3.63, 3.8) is 0 Å². The topological polar surface area (TPSA) is 70.3 Å². The molecule has 0 aliphatic carbocycles. The summed E-state index contributed by atoms with van der Waals surface area (Å²) in [6.07, 6.45) is 0. The maximum atomic E-state index is 11.1. The number of nitrogens with zero attached hydrogens (tertiary/aromatic N) is 1. The molecule has 1 rings (SSSR count). The highest BCUT2D eigenvalue weighted by atomic mass is 16.5. The van der Waals surface area contributed by atoms with Gasteiger partial charge in [0.25, 0.3) is 0 Å². The third-order valence-corrected chi connectivity index (χ3v) is 2.42. The third kappa shape index (κ3) is 2.76. The van der Waals surface area contributed by atoms with Crippen molar-refractivity contribution >= 4 is 5.97 Å². The summed E-state index contributed by atoms with van der Waals surface area (Å²) < 4.78 is 5.30. The predicted molar refractivity (Wildman–Crippen MR) is 63.4 cm³/mol. The quantitative estimate of drug-likeness (QED) is 0.868. The number of carboxylic acid groups (broad SMARTS) is 1. The fourth-order valence-electron chi connectivity index (χ4n) is 1.61. The zero-order valence-corrected chi connectivity index (χ0v) is 10.2. The Hall–Kier alpha value is -2.02. The van der Waals surface area contributed by atoms with Gasteiger partial charge in [0, 0.05) is 0 Å². The van der Waals surface area contributed by atoms with E-state index in [0.717, 1.165) is 5.56 Å². The molecule has 0 radical (unpaired) electrons. The van der Waals surface area contributed by atoms with Gasteiger partial charge in [-0.2, -0.15) is 5.26 Å². The van der Waals surface area contributed by atoms with Gasteiger partial charge in [-0.1, -0.05) is 13.8 Å². The molecule has 0 bridgehead atoms. The molecule has 1 N–H and O–H groups in total. The van der Waals surface area contributed by atoms with Crippen LogP contribution in [0.2, 0.25) is 0 Å². The van der Waals surface area contributed by atoms with Crippen molar-refractivity contribution in [2.75, 3.05) is 6.61 Å². The summed E-state index contributed by atoms with van der Waals surface area (Å²) in [6, 6.07) is 5.05. The highest BCUT2D eigenvalue weighted by Gasteiger charge is 2.17. The Kier molecular flexibility index (Phi) is 4.11. The van der Waals surface area contributed by atoms with Crippen molar-refractivity contribution in [3.05, 3.63) is 28.8 Å². The van der Waals surface area contributed by atoms with Crippen LogP contribution in [0.3, 0.4) is 0 Å². The third-order valence-electron chi connectivity index (χ3n) is 2.42. The zero-order valence-electron chi connectivity index (χ0n) is 10.2. The SMILES string of the molecule is CCOc1cc(C(C)C)c(C#N)cc1C(=O)O. The van der Waals surface area contributed by atoms with E-state index in [-0.39, 0.29) is 11.5 Å². The molecule has 90 valence electrons. The van der Waals surface area contributed by atoms with Crippen LogP contribution in [0.5, 0.6) is 5.75 Å². The lowest BCUT2D eigenvalue weighted by Crippen LogP contribution is -2.06. The van der Waals surface area contributed by atoms with Gasteiger partial charge in [-0.15, -0.1) is 0 Å². The molecule has 0 amide bonds. The molecule has 1 aromatic rings. The molecular weight excluding hydrogens is 218 g/mol. The van der Waals surface area contributed by atoms with Crippen molar-refractivity contribution in [1.29, 1.82) is 5.26 Å². The molecular formula is C13H15NO3. The lowest BCUT2D eigenvalue weighted by atomic mass is 9.95. The van der Waals surface area contributed by atoms with Gasteiger partial charge in [0.05, 0.1) is 18.2 Å². The molecule has 0 fully saturated rings. The Bertz CT molecular complexity index is 472. The molecule has 0 spiro atoms. The molecule has 0 unspecified atom stereocenters. The number of hydrogen-bond acceptors (Lipinski definition) is 3. The van der Waals surface area contributed by atoms with Gasteiger partial charge in [-0.05, 0) is 30.5 Å². The molecule has 0 saturated carbocycles. The Morgan fingerprint density at radius 3 is 2.59 bits per heavy atom. The number of hydrogen-bond donors (Lipinski definition) is 1. The van der Waals surface area contributed by atoms with Crippen LogP contribution in [0.4, 0.5) is 0 Å². The fraction of sp³-hybridized carbons (Fsp3) is 0.385. The number of aromatic carboxylic acids is 1. The fourth-order valence-corrected chi connectivity index (χ4v) is 1.61. The van der Waals surface area contributed by atoms with E-state index in [1.54, 1.807) is 13.0 Å². The van der Waals surface area contributed by atoms with Gasteiger partial charge >= 0.3 is 5.97 Å². The molecule has 0 heterocycles. The van der Waals surface area contributed by atoms with Crippen LogP contribution in [0, 0.1) is 11.3 Å². The van der Waals surface area contributed by atoms with Gasteiger partial charge in [-0.3, -0.25) is 0 Å². The van der Waals surface area contributed by atoms with Crippen molar-refractivity contribution in [1.82, 2.24) is 0 Å². The maximum absolute atomic E-state index is 11.1. The van der Waals surface area contributed by atoms with Crippen molar-refractivity contribution in [2.45, 2.75) is 26.7 Å². The lowest BCUT2D eigenvalue weighted by Gasteiger charge is -2.13. The monoisotopic (exact) mass is 233 g/mol. The standard InChI is InChI=1S/C13H15NO3/c1-4-17-12-6-10(8(2)3)9(7-14)5-11(12)13(15)16/h5-6,8H,4H2,1-3H3,(H,15,16). The minimum Gasteiger partial charge on any atom is -0.493 e. The molecule has 0 aliphatic heterocycles. The predicted octanol–water partition coefficient (Wildman–Crippen LogP) is 2.78. The van der Waals surface area contributed by atoms with Crippen LogP contribution < -0.4 is 4.74 Å². The van der Waals surface area contributed by atoms with Crippen LogP contribution >= 0.6 is 0 Å². The molecule has 0 saturated heterocycles. The van der Waals surface area contributed by atoms with Crippen LogP contribution in [-0.4, -0.2) is 17.7 Å². The second kappa shape index (κ2) is 5.35. The smallest absolute Gasteiger partial charge is 0.339 e. The Morgan fingerprint density at radius 2 is 2.18 bits per heavy atom. The second-order valence-corrected chi connectivity index (χ2v) is 3.94.